The number of hydrogen-bond donors (Lipinski definition) is 0. The normalized spacial score (nSPS) is 20.2. The van der Waals surface area contributed by atoms with E-state index in [0.717, 1.165) is 10.6 Å². The molecule has 3 nitrogen and oxygen atoms in total. The molecule has 4 heteroatoms. The van der Waals surface area contributed by atoms with Gasteiger partial charge in [0.15, 0.2) is 5.78 Å². The Morgan fingerprint density at radius 1 is 1.50 bits per heavy atom. The Morgan fingerprint density at radius 3 is 2.50 bits per heavy atom. The fourth-order valence-corrected chi connectivity index (χ4v) is 2.25. The SMILES string of the molecule is CC(=O)/C=C1\SN(C)N=C1C(C)(C)C. The number of rotatable bonds is 1. The van der Waals surface area contributed by atoms with Crippen molar-refractivity contribution in [3.05, 3.63) is 11.0 Å². The van der Waals surface area contributed by atoms with Gasteiger partial charge in [0.05, 0.1) is 10.6 Å². The molecule has 0 aromatic rings. The van der Waals surface area contributed by atoms with Crippen molar-refractivity contribution in [1.29, 1.82) is 0 Å². The number of hydrazone groups is 1. The summed E-state index contributed by atoms with van der Waals surface area (Å²) >= 11 is 1.50. The summed E-state index contributed by atoms with van der Waals surface area (Å²) in [5.74, 6) is 0.0692. The lowest BCUT2D eigenvalue weighted by Gasteiger charge is -2.17. The van der Waals surface area contributed by atoms with Crippen LogP contribution in [0.1, 0.15) is 27.7 Å². The number of carbonyl (C=O) groups excluding carboxylic acids is 1. The molecule has 1 rings (SSSR count). The van der Waals surface area contributed by atoms with E-state index >= 15 is 0 Å². The van der Waals surface area contributed by atoms with Gasteiger partial charge in [0, 0.05) is 24.4 Å². The van der Waals surface area contributed by atoms with Gasteiger partial charge in [0.25, 0.3) is 0 Å². The zero-order valence-corrected chi connectivity index (χ0v) is 10.1. The first-order valence-electron chi connectivity index (χ1n) is 4.54. The molecule has 0 atom stereocenters. The maximum Gasteiger partial charge on any atom is 0.153 e. The van der Waals surface area contributed by atoms with E-state index in [4.69, 9.17) is 0 Å². The number of hydrogen-bond acceptors (Lipinski definition) is 4. The molecule has 0 unspecified atom stereocenters. The van der Waals surface area contributed by atoms with Crippen LogP contribution in [0.25, 0.3) is 0 Å². The van der Waals surface area contributed by atoms with Crippen molar-refractivity contribution in [2.45, 2.75) is 27.7 Å². The standard InChI is InChI=1S/C10H16N2OS/c1-7(13)6-8-9(10(2,3)4)11-12(5)14-8/h6H,1-5H3/b8-6-. The molecule has 0 bridgehead atoms. The first kappa shape index (κ1) is 11.3. The van der Waals surface area contributed by atoms with Gasteiger partial charge in [-0.25, -0.2) is 4.41 Å². The Bertz CT molecular complexity index is 313. The molecule has 14 heavy (non-hydrogen) atoms. The quantitative estimate of drug-likeness (QED) is 0.494. The molecular formula is C10H16N2OS. The summed E-state index contributed by atoms with van der Waals surface area (Å²) in [6.45, 7) is 7.85. The van der Waals surface area contributed by atoms with Crippen molar-refractivity contribution in [1.82, 2.24) is 4.41 Å². The number of ketones is 1. The van der Waals surface area contributed by atoms with Crippen LogP contribution in [0.2, 0.25) is 0 Å². The molecule has 0 saturated carbocycles. The summed E-state index contributed by atoms with van der Waals surface area (Å²) < 4.78 is 1.79. The minimum atomic E-state index is -0.0148. The molecule has 0 N–H and O–H groups in total. The molecule has 1 aliphatic rings. The molecule has 0 aromatic heterocycles. The van der Waals surface area contributed by atoms with Gasteiger partial charge in [-0.05, 0) is 13.0 Å². The van der Waals surface area contributed by atoms with Crippen LogP contribution in [-0.4, -0.2) is 23.0 Å². The molecule has 0 saturated heterocycles. The average molecular weight is 212 g/mol. The van der Waals surface area contributed by atoms with E-state index in [-0.39, 0.29) is 11.2 Å². The minimum Gasteiger partial charge on any atom is -0.295 e. The monoisotopic (exact) mass is 212 g/mol. The van der Waals surface area contributed by atoms with Gasteiger partial charge in [-0.15, -0.1) is 0 Å². The summed E-state index contributed by atoms with van der Waals surface area (Å²) in [6.07, 6.45) is 1.65. The fraction of sp³-hybridized carbons (Fsp3) is 0.600. The zero-order valence-electron chi connectivity index (χ0n) is 9.29. The fourth-order valence-electron chi connectivity index (χ4n) is 1.20. The summed E-state index contributed by atoms with van der Waals surface area (Å²) in [5.41, 5.74) is 0.971. The van der Waals surface area contributed by atoms with Gasteiger partial charge in [0.1, 0.15) is 0 Å². The van der Waals surface area contributed by atoms with Crippen molar-refractivity contribution in [2.24, 2.45) is 10.5 Å². The first-order chi connectivity index (χ1) is 6.30. The molecule has 0 radical (unpaired) electrons. The van der Waals surface area contributed by atoms with E-state index in [9.17, 15) is 4.79 Å². The maximum atomic E-state index is 11.0. The van der Waals surface area contributed by atoms with E-state index < -0.39 is 0 Å². The Labute approximate surface area is 89.4 Å². The van der Waals surface area contributed by atoms with Crippen LogP contribution in [0.4, 0.5) is 0 Å². The highest BCUT2D eigenvalue weighted by Crippen LogP contribution is 2.36. The Kier molecular flexibility index (Phi) is 3.04. The van der Waals surface area contributed by atoms with Crippen LogP contribution < -0.4 is 0 Å². The van der Waals surface area contributed by atoms with Gasteiger partial charge in [-0.1, -0.05) is 20.8 Å². The van der Waals surface area contributed by atoms with Gasteiger partial charge < -0.3 is 0 Å². The van der Waals surface area contributed by atoms with Crippen LogP contribution in [0.5, 0.6) is 0 Å². The largest absolute Gasteiger partial charge is 0.295 e. The Balaban J connectivity index is 3.02. The predicted octanol–water partition coefficient (Wildman–Crippen LogP) is 2.46. The lowest BCUT2D eigenvalue weighted by molar-refractivity contribution is -0.112. The lowest BCUT2D eigenvalue weighted by atomic mass is 9.89. The van der Waals surface area contributed by atoms with Crippen LogP contribution >= 0.6 is 11.9 Å². The summed E-state index contributed by atoms with van der Waals surface area (Å²) in [6, 6.07) is 0. The predicted molar refractivity (Wildman–Crippen MR) is 61.0 cm³/mol. The molecule has 0 amide bonds. The van der Waals surface area contributed by atoms with Crippen molar-refractivity contribution in [2.75, 3.05) is 7.05 Å². The maximum absolute atomic E-state index is 11.0. The summed E-state index contributed by atoms with van der Waals surface area (Å²) in [4.78, 5) is 12.0. The van der Waals surface area contributed by atoms with Crippen molar-refractivity contribution < 1.29 is 4.79 Å². The molecule has 0 fully saturated rings. The highest BCUT2D eigenvalue weighted by molar-refractivity contribution is 8.02. The minimum absolute atomic E-state index is 0.0148. The second-order valence-corrected chi connectivity index (χ2v) is 5.52. The number of allylic oxidation sites excluding steroid dienone is 2. The highest BCUT2D eigenvalue weighted by atomic mass is 32.2. The van der Waals surface area contributed by atoms with Gasteiger partial charge in [0.2, 0.25) is 0 Å². The second kappa shape index (κ2) is 3.77. The molecule has 78 valence electrons. The molecule has 1 heterocycles. The van der Waals surface area contributed by atoms with Gasteiger partial charge >= 0.3 is 0 Å². The van der Waals surface area contributed by atoms with Crippen molar-refractivity contribution in [3.8, 4) is 0 Å². The van der Waals surface area contributed by atoms with Crippen LogP contribution in [0.3, 0.4) is 0 Å². The van der Waals surface area contributed by atoms with Crippen LogP contribution in [0, 0.1) is 5.41 Å². The van der Waals surface area contributed by atoms with Crippen LogP contribution in [0.15, 0.2) is 16.1 Å². The Morgan fingerprint density at radius 2 is 2.07 bits per heavy atom. The first-order valence-corrected chi connectivity index (χ1v) is 5.31. The number of nitrogens with zero attached hydrogens (tertiary/aromatic N) is 2. The molecule has 0 aromatic carbocycles. The molecular weight excluding hydrogens is 196 g/mol. The third-order valence-electron chi connectivity index (χ3n) is 1.75. The smallest absolute Gasteiger partial charge is 0.153 e. The van der Waals surface area contributed by atoms with Crippen molar-refractivity contribution >= 4 is 23.4 Å². The lowest BCUT2D eigenvalue weighted by Crippen LogP contribution is -2.19. The number of carbonyl (C=O) groups is 1. The van der Waals surface area contributed by atoms with E-state index in [0.29, 0.717) is 0 Å². The highest BCUT2D eigenvalue weighted by Gasteiger charge is 2.29. The van der Waals surface area contributed by atoms with E-state index in [1.165, 1.54) is 11.9 Å². The summed E-state index contributed by atoms with van der Waals surface area (Å²) in [5, 5.41) is 4.39. The molecule has 1 aliphatic heterocycles. The summed E-state index contributed by atoms with van der Waals surface area (Å²) in [7, 11) is 1.89. The van der Waals surface area contributed by atoms with Gasteiger partial charge in [-0.3, -0.25) is 4.79 Å². The van der Waals surface area contributed by atoms with Crippen molar-refractivity contribution in [3.63, 3.8) is 0 Å². The Hall–Kier alpha value is -0.770. The third-order valence-corrected chi connectivity index (χ3v) is 2.60. The van der Waals surface area contributed by atoms with E-state index in [1.807, 2.05) is 7.05 Å². The second-order valence-electron chi connectivity index (χ2n) is 4.37. The van der Waals surface area contributed by atoms with E-state index in [2.05, 4.69) is 25.9 Å². The zero-order chi connectivity index (χ0) is 10.9. The van der Waals surface area contributed by atoms with Gasteiger partial charge in [-0.2, -0.15) is 5.10 Å². The third kappa shape index (κ3) is 2.61. The topological polar surface area (TPSA) is 32.7 Å². The molecule has 0 spiro atoms. The van der Waals surface area contributed by atoms with E-state index in [1.54, 1.807) is 17.4 Å². The van der Waals surface area contributed by atoms with Crippen LogP contribution in [-0.2, 0) is 4.79 Å². The average Bonchev–Trinajstić information content (AvgIpc) is 2.28. The molecule has 0 aliphatic carbocycles.